The number of nitrogens with zero attached hydrogens (tertiary/aromatic N) is 2. The van der Waals surface area contributed by atoms with Gasteiger partial charge in [-0.25, -0.2) is 4.39 Å². The minimum atomic E-state index is -1.52. The monoisotopic (exact) mass is 359 g/mol. The molecule has 2 aromatic rings. The highest BCUT2D eigenvalue weighted by atomic mass is 19.1. The van der Waals surface area contributed by atoms with Gasteiger partial charge in [0.1, 0.15) is 5.82 Å². The van der Waals surface area contributed by atoms with Crippen molar-refractivity contribution in [3.8, 4) is 12.1 Å². The van der Waals surface area contributed by atoms with Gasteiger partial charge in [-0.2, -0.15) is 10.5 Å². The summed E-state index contributed by atoms with van der Waals surface area (Å²) in [7, 11) is 0. The molecule has 2 heterocycles. The molecule has 6 heteroatoms. The summed E-state index contributed by atoms with van der Waals surface area (Å²) < 4.78 is 13.4. The van der Waals surface area contributed by atoms with Crippen molar-refractivity contribution in [2.45, 2.75) is 18.0 Å². The molecule has 0 aliphatic carbocycles. The first-order valence-corrected chi connectivity index (χ1v) is 8.54. The van der Waals surface area contributed by atoms with Crippen molar-refractivity contribution in [3.63, 3.8) is 0 Å². The average molecular weight is 359 g/mol. The number of carbonyl (C=O) groups is 1. The van der Waals surface area contributed by atoms with Gasteiger partial charge in [0.25, 0.3) is 5.91 Å². The van der Waals surface area contributed by atoms with Crippen LogP contribution in [0.15, 0.2) is 54.7 Å². The van der Waals surface area contributed by atoms with E-state index in [0.717, 1.165) is 11.1 Å². The van der Waals surface area contributed by atoms with Crippen LogP contribution in [-0.2, 0) is 4.79 Å². The topological polar surface area (TPSA) is 95.1 Å². The Balaban J connectivity index is 2.00. The Hall–Kier alpha value is -3.48. The van der Waals surface area contributed by atoms with Crippen molar-refractivity contribution < 1.29 is 14.1 Å². The van der Waals surface area contributed by atoms with Crippen molar-refractivity contribution in [2.75, 3.05) is 0 Å². The molecule has 2 aliphatic heterocycles. The van der Waals surface area contributed by atoms with Crippen LogP contribution in [0.2, 0.25) is 0 Å². The standard InChI is InChI=1S/C21H15FN4O/c22-15-7-5-14(6-8-15)17-18(20(25)27)26-10-9-13-3-1-2-4-16(13)19(26)21(17,11-23)12-24/h1-10,17-19H,(H2,25,27)/p+1/t17-,18-,19+/m1/s1. The molecule has 0 radical (unpaired) electrons. The van der Waals surface area contributed by atoms with Crippen LogP contribution >= 0.6 is 0 Å². The van der Waals surface area contributed by atoms with Crippen LogP contribution in [0, 0.1) is 33.9 Å². The molecule has 3 N–H and O–H groups in total. The predicted molar refractivity (Wildman–Crippen MR) is 95.0 cm³/mol. The number of amides is 1. The van der Waals surface area contributed by atoms with Crippen molar-refractivity contribution in [3.05, 3.63) is 77.2 Å². The third kappa shape index (κ3) is 2.28. The van der Waals surface area contributed by atoms with Gasteiger partial charge in [-0.3, -0.25) is 9.69 Å². The van der Waals surface area contributed by atoms with Gasteiger partial charge >= 0.3 is 0 Å². The molecular formula is C21H16FN4O+. The first-order valence-electron chi connectivity index (χ1n) is 8.54. The number of nitrogens with one attached hydrogen (secondary N) is 1. The van der Waals surface area contributed by atoms with E-state index in [0.29, 0.717) is 10.5 Å². The molecule has 0 spiro atoms. The van der Waals surface area contributed by atoms with Crippen LogP contribution in [0.5, 0.6) is 0 Å². The third-order valence-electron chi connectivity index (χ3n) is 5.64. The zero-order valence-electron chi connectivity index (χ0n) is 14.3. The van der Waals surface area contributed by atoms with Gasteiger partial charge in [0, 0.05) is 5.56 Å². The summed E-state index contributed by atoms with van der Waals surface area (Å²) in [4.78, 5) is 13.1. The molecule has 0 saturated carbocycles. The van der Waals surface area contributed by atoms with E-state index in [-0.39, 0.29) is 0 Å². The Labute approximate surface area is 155 Å². The molecule has 27 heavy (non-hydrogen) atoms. The molecule has 1 fully saturated rings. The molecule has 1 unspecified atom stereocenters. The second-order valence-electron chi connectivity index (χ2n) is 6.90. The van der Waals surface area contributed by atoms with Crippen LogP contribution in [0.1, 0.15) is 28.7 Å². The van der Waals surface area contributed by atoms with Crippen LogP contribution in [0.25, 0.3) is 6.08 Å². The maximum atomic E-state index is 13.4. The van der Waals surface area contributed by atoms with E-state index in [9.17, 15) is 19.7 Å². The van der Waals surface area contributed by atoms with E-state index in [1.54, 1.807) is 6.20 Å². The maximum Gasteiger partial charge on any atom is 0.276 e. The van der Waals surface area contributed by atoms with E-state index in [4.69, 9.17) is 5.73 Å². The number of hydrogen-bond donors (Lipinski definition) is 2. The molecule has 1 saturated heterocycles. The van der Waals surface area contributed by atoms with Gasteiger partial charge in [0.05, 0.1) is 24.3 Å². The Morgan fingerprint density at radius 2 is 1.78 bits per heavy atom. The molecule has 4 atom stereocenters. The van der Waals surface area contributed by atoms with Crippen molar-refractivity contribution >= 4 is 12.0 Å². The van der Waals surface area contributed by atoms with E-state index < -0.39 is 35.1 Å². The highest BCUT2D eigenvalue weighted by Gasteiger charge is 2.67. The first-order chi connectivity index (χ1) is 13.0. The number of benzene rings is 2. The van der Waals surface area contributed by atoms with Crippen LogP contribution in [-0.4, -0.2) is 11.9 Å². The lowest BCUT2D eigenvalue weighted by Gasteiger charge is -2.29. The molecule has 132 valence electrons. The van der Waals surface area contributed by atoms with E-state index >= 15 is 0 Å². The van der Waals surface area contributed by atoms with Gasteiger partial charge in [0.15, 0.2) is 12.1 Å². The lowest BCUT2D eigenvalue weighted by atomic mass is 9.68. The SMILES string of the molecule is N#CC1(C#N)[C@H](c2ccc(F)cc2)[C@H](C(N)=O)[NH+]2C=Cc3ccccc3[C@H]21. The maximum absolute atomic E-state index is 13.4. The van der Waals surface area contributed by atoms with E-state index in [1.165, 1.54) is 24.3 Å². The van der Waals surface area contributed by atoms with Crippen LogP contribution < -0.4 is 10.6 Å². The van der Waals surface area contributed by atoms with Gasteiger partial charge in [-0.05, 0) is 29.3 Å². The summed E-state index contributed by atoms with van der Waals surface area (Å²) in [5.74, 6) is -1.80. The summed E-state index contributed by atoms with van der Waals surface area (Å²) >= 11 is 0. The molecule has 2 aromatic carbocycles. The molecule has 0 aromatic heterocycles. The van der Waals surface area contributed by atoms with Crippen LogP contribution in [0.3, 0.4) is 0 Å². The van der Waals surface area contributed by atoms with E-state index in [1.807, 2.05) is 30.3 Å². The van der Waals surface area contributed by atoms with Crippen molar-refractivity contribution in [1.82, 2.24) is 0 Å². The van der Waals surface area contributed by atoms with Crippen molar-refractivity contribution in [1.29, 1.82) is 10.5 Å². The van der Waals surface area contributed by atoms with Crippen LogP contribution in [0.4, 0.5) is 4.39 Å². The number of quaternary nitrogens is 1. The lowest BCUT2D eigenvalue weighted by molar-refractivity contribution is -0.885. The molecule has 2 aliphatic rings. The number of primary amides is 1. The summed E-state index contributed by atoms with van der Waals surface area (Å²) in [5.41, 5.74) is 6.49. The molecule has 0 bridgehead atoms. The highest BCUT2D eigenvalue weighted by Crippen LogP contribution is 2.51. The highest BCUT2D eigenvalue weighted by molar-refractivity contribution is 5.81. The second kappa shape index (κ2) is 6.05. The number of hydrogen-bond acceptors (Lipinski definition) is 3. The molecule has 5 nitrogen and oxygen atoms in total. The normalized spacial score (nSPS) is 27.1. The number of carbonyl (C=O) groups excluding carboxylic acids is 1. The molecule has 1 amide bonds. The summed E-state index contributed by atoms with van der Waals surface area (Å²) in [5, 5.41) is 20.3. The number of halogens is 1. The first kappa shape index (κ1) is 17.0. The Bertz CT molecular complexity index is 1020. The Kier molecular flexibility index (Phi) is 3.80. The summed E-state index contributed by atoms with van der Waals surface area (Å²) in [6, 6.07) is 16.1. The zero-order valence-corrected chi connectivity index (χ0v) is 14.3. The van der Waals surface area contributed by atoms with Gasteiger partial charge in [-0.15, -0.1) is 0 Å². The quantitative estimate of drug-likeness (QED) is 0.849. The Morgan fingerprint density at radius 3 is 2.41 bits per heavy atom. The lowest BCUT2D eigenvalue weighted by Crippen LogP contribution is -3.12. The van der Waals surface area contributed by atoms with E-state index in [2.05, 4.69) is 12.1 Å². The second-order valence-corrected chi connectivity index (χ2v) is 6.90. The number of rotatable bonds is 2. The largest absolute Gasteiger partial charge is 0.364 e. The number of fused-ring (bicyclic) bond motifs is 3. The molecular weight excluding hydrogens is 343 g/mol. The fraction of sp³-hybridized carbons (Fsp3) is 0.190. The number of nitrogens with two attached hydrogens (primary N) is 1. The van der Waals surface area contributed by atoms with Gasteiger partial charge in [0.2, 0.25) is 5.41 Å². The minimum Gasteiger partial charge on any atom is -0.364 e. The predicted octanol–water partition coefficient (Wildman–Crippen LogP) is 1.42. The molecule has 4 rings (SSSR count). The third-order valence-corrected chi connectivity index (χ3v) is 5.64. The summed E-state index contributed by atoms with van der Waals surface area (Å²) in [6.45, 7) is 0. The smallest absolute Gasteiger partial charge is 0.276 e. The minimum absolute atomic E-state index is 0.429. The zero-order chi connectivity index (χ0) is 19.2. The Morgan fingerprint density at radius 1 is 1.11 bits per heavy atom. The average Bonchev–Trinajstić information content (AvgIpc) is 3.00. The van der Waals surface area contributed by atoms with Gasteiger partial charge < -0.3 is 5.73 Å². The van der Waals surface area contributed by atoms with Crippen molar-refractivity contribution in [2.24, 2.45) is 11.1 Å². The van der Waals surface area contributed by atoms with Gasteiger partial charge in [-0.1, -0.05) is 36.4 Å². The fourth-order valence-corrected chi connectivity index (χ4v) is 4.56. The fourth-order valence-electron chi connectivity index (χ4n) is 4.56. The number of nitriles is 2. The summed E-state index contributed by atoms with van der Waals surface area (Å²) in [6.07, 6.45) is 3.68.